The molecule has 1 aliphatic heterocycles. The van der Waals surface area contributed by atoms with E-state index >= 15 is 0 Å². The van der Waals surface area contributed by atoms with Crippen molar-refractivity contribution in [3.8, 4) is 0 Å². The number of hydrogen-bond acceptors (Lipinski definition) is 4. The molecule has 1 aromatic rings. The first kappa shape index (κ1) is 21.4. The Balaban J connectivity index is 1.56. The molecule has 29 heavy (non-hydrogen) atoms. The third-order valence-corrected chi connectivity index (χ3v) is 5.87. The van der Waals surface area contributed by atoms with E-state index in [2.05, 4.69) is 44.6 Å². The monoisotopic (exact) mass is 400 g/mol. The molecule has 0 spiro atoms. The van der Waals surface area contributed by atoms with Crippen molar-refractivity contribution in [2.24, 2.45) is 4.99 Å². The summed E-state index contributed by atoms with van der Waals surface area (Å²) in [6.45, 7) is 4.19. The molecule has 0 atom stereocenters. The molecular formula is C22H36N6O. The van der Waals surface area contributed by atoms with Gasteiger partial charge in [0.2, 0.25) is 5.91 Å². The van der Waals surface area contributed by atoms with Crippen LogP contribution in [0.4, 0.5) is 5.82 Å². The van der Waals surface area contributed by atoms with Gasteiger partial charge in [0, 0.05) is 45.5 Å². The number of rotatable bonds is 5. The quantitative estimate of drug-likeness (QED) is 0.586. The molecule has 1 aliphatic carbocycles. The smallest absolute Gasteiger partial charge is 0.243 e. The number of hydrogen-bond donors (Lipinski definition) is 2. The van der Waals surface area contributed by atoms with E-state index in [0.29, 0.717) is 12.1 Å². The van der Waals surface area contributed by atoms with Gasteiger partial charge >= 0.3 is 0 Å². The summed E-state index contributed by atoms with van der Waals surface area (Å²) in [5.41, 5.74) is 1.19. The van der Waals surface area contributed by atoms with E-state index in [1.54, 1.807) is 19.0 Å². The van der Waals surface area contributed by atoms with Crippen LogP contribution >= 0.6 is 0 Å². The molecule has 3 rings (SSSR count). The fraction of sp³-hybridized carbons (Fsp3) is 0.682. The van der Waals surface area contributed by atoms with E-state index in [-0.39, 0.29) is 12.5 Å². The molecule has 7 heteroatoms. The van der Waals surface area contributed by atoms with Crippen LogP contribution < -0.4 is 15.5 Å². The van der Waals surface area contributed by atoms with Crippen LogP contribution in [0.5, 0.6) is 0 Å². The molecule has 1 saturated heterocycles. The SMILES string of the molecule is Cc1ccc(N2CCC(NC(=NCC(=O)N(C)C)NC3CCCCC3)CC2)nc1. The Morgan fingerprint density at radius 2 is 1.76 bits per heavy atom. The van der Waals surface area contributed by atoms with Crippen molar-refractivity contribution in [1.29, 1.82) is 0 Å². The average molecular weight is 401 g/mol. The molecule has 0 radical (unpaired) electrons. The van der Waals surface area contributed by atoms with Crippen molar-refractivity contribution in [3.05, 3.63) is 23.9 Å². The van der Waals surface area contributed by atoms with E-state index in [1.165, 1.54) is 37.7 Å². The highest BCUT2D eigenvalue weighted by atomic mass is 16.2. The molecule has 2 N–H and O–H groups in total. The van der Waals surface area contributed by atoms with Gasteiger partial charge in [0.15, 0.2) is 5.96 Å². The average Bonchev–Trinajstić information content (AvgIpc) is 2.73. The second-order valence-corrected chi connectivity index (χ2v) is 8.53. The minimum Gasteiger partial charge on any atom is -0.356 e. The van der Waals surface area contributed by atoms with Crippen LogP contribution in [-0.2, 0) is 4.79 Å². The first-order valence-electron chi connectivity index (χ1n) is 11.0. The van der Waals surface area contributed by atoms with Gasteiger partial charge in [-0.05, 0) is 44.2 Å². The van der Waals surface area contributed by atoms with Gasteiger partial charge < -0.3 is 20.4 Å². The third kappa shape index (κ3) is 6.61. The Kier molecular flexibility index (Phi) is 7.72. The van der Waals surface area contributed by atoms with Gasteiger partial charge in [-0.15, -0.1) is 0 Å². The zero-order chi connectivity index (χ0) is 20.6. The summed E-state index contributed by atoms with van der Waals surface area (Å²) in [7, 11) is 3.54. The summed E-state index contributed by atoms with van der Waals surface area (Å²) in [4.78, 5) is 25.1. The van der Waals surface area contributed by atoms with Gasteiger partial charge in [0.1, 0.15) is 12.4 Å². The summed E-state index contributed by atoms with van der Waals surface area (Å²) in [6, 6.07) is 5.04. The zero-order valence-corrected chi connectivity index (χ0v) is 18.2. The lowest BCUT2D eigenvalue weighted by atomic mass is 9.95. The molecule has 1 amide bonds. The van der Waals surface area contributed by atoms with Crippen molar-refractivity contribution >= 4 is 17.7 Å². The van der Waals surface area contributed by atoms with Crippen LogP contribution in [0.2, 0.25) is 0 Å². The predicted molar refractivity (Wildman–Crippen MR) is 118 cm³/mol. The molecule has 0 bridgehead atoms. The van der Waals surface area contributed by atoms with Crippen molar-refractivity contribution < 1.29 is 4.79 Å². The van der Waals surface area contributed by atoms with Crippen LogP contribution in [0.25, 0.3) is 0 Å². The van der Waals surface area contributed by atoms with E-state index < -0.39 is 0 Å². The Morgan fingerprint density at radius 1 is 1.10 bits per heavy atom. The van der Waals surface area contributed by atoms with Crippen LogP contribution in [0.15, 0.2) is 23.3 Å². The summed E-state index contributed by atoms with van der Waals surface area (Å²) in [5.74, 6) is 1.87. The normalized spacial score (nSPS) is 19.1. The molecular weight excluding hydrogens is 364 g/mol. The number of anilines is 1. The molecule has 7 nitrogen and oxygen atoms in total. The van der Waals surface area contributed by atoms with Gasteiger partial charge in [-0.2, -0.15) is 0 Å². The summed E-state index contributed by atoms with van der Waals surface area (Å²) >= 11 is 0. The van der Waals surface area contributed by atoms with Crippen LogP contribution in [0.1, 0.15) is 50.5 Å². The minimum atomic E-state index is 0.0232. The molecule has 160 valence electrons. The lowest BCUT2D eigenvalue weighted by Gasteiger charge is -2.34. The van der Waals surface area contributed by atoms with Crippen LogP contribution in [-0.4, -0.2) is 67.6 Å². The number of amides is 1. The summed E-state index contributed by atoms with van der Waals surface area (Å²) < 4.78 is 0. The van der Waals surface area contributed by atoms with E-state index in [1.807, 2.05) is 6.20 Å². The maximum Gasteiger partial charge on any atom is 0.243 e. The number of piperidine rings is 1. The zero-order valence-electron chi connectivity index (χ0n) is 18.2. The topological polar surface area (TPSA) is 72.9 Å². The summed E-state index contributed by atoms with van der Waals surface area (Å²) in [5, 5.41) is 7.19. The first-order valence-corrected chi connectivity index (χ1v) is 11.0. The fourth-order valence-electron chi connectivity index (χ4n) is 3.95. The van der Waals surface area contributed by atoms with E-state index in [4.69, 9.17) is 0 Å². The van der Waals surface area contributed by atoms with Crippen molar-refractivity contribution in [1.82, 2.24) is 20.5 Å². The lowest BCUT2D eigenvalue weighted by molar-refractivity contribution is -0.127. The van der Waals surface area contributed by atoms with Crippen molar-refractivity contribution in [2.75, 3.05) is 38.6 Å². The van der Waals surface area contributed by atoms with E-state index in [0.717, 1.165) is 37.7 Å². The highest BCUT2D eigenvalue weighted by molar-refractivity contribution is 5.85. The van der Waals surface area contributed by atoms with E-state index in [9.17, 15) is 4.79 Å². The number of carbonyl (C=O) groups is 1. The Bertz CT molecular complexity index is 673. The maximum atomic E-state index is 12.0. The molecule has 0 aromatic carbocycles. The highest BCUT2D eigenvalue weighted by Crippen LogP contribution is 2.19. The van der Waals surface area contributed by atoms with Gasteiger partial charge in [-0.25, -0.2) is 9.98 Å². The number of nitrogens with one attached hydrogen (secondary N) is 2. The van der Waals surface area contributed by atoms with Crippen molar-refractivity contribution in [3.63, 3.8) is 0 Å². The molecule has 2 fully saturated rings. The van der Waals surface area contributed by atoms with Gasteiger partial charge in [-0.3, -0.25) is 4.79 Å². The van der Waals surface area contributed by atoms with Gasteiger partial charge in [0.05, 0.1) is 0 Å². The van der Waals surface area contributed by atoms with Gasteiger partial charge in [-0.1, -0.05) is 25.3 Å². The Hall–Kier alpha value is -2.31. The standard InChI is InChI=1S/C22H36N6O/c1-17-9-10-20(23-15-17)28-13-11-19(12-14-28)26-22(24-16-21(29)27(2)3)25-18-7-5-4-6-8-18/h9-10,15,18-19H,4-8,11-14,16H2,1-3H3,(H2,24,25,26). The number of likely N-dealkylation sites (N-methyl/N-ethyl adjacent to an activating group) is 1. The highest BCUT2D eigenvalue weighted by Gasteiger charge is 2.22. The van der Waals surface area contributed by atoms with Crippen LogP contribution in [0, 0.1) is 6.92 Å². The fourth-order valence-corrected chi connectivity index (χ4v) is 3.95. The third-order valence-electron chi connectivity index (χ3n) is 5.87. The number of guanidine groups is 1. The first-order chi connectivity index (χ1) is 14.0. The van der Waals surface area contributed by atoms with Crippen LogP contribution in [0.3, 0.4) is 0 Å². The summed E-state index contributed by atoms with van der Waals surface area (Å²) in [6.07, 6.45) is 10.2. The Morgan fingerprint density at radius 3 is 2.34 bits per heavy atom. The minimum absolute atomic E-state index is 0.0232. The number of aliphatic imine (C=N–C) groups is 1. The second kappa shape index (κ2) is 10.5. The Labute approximate surface area is 175 Å². The maximum absolute atomic E-state index is 12.0. The molecule has 2 aliphatic rings. The number of pyridine rings is 1. The number of nitrogens with zero attached hydrogens (tertiary/aromatic N) is 4. The number of carbonyl (C=O) groups excluding carboxylic acids is 1. The molecule has 1 aromatic heterocycles. The van der Waals surface area contributed by atoms with Gasteiger partial charge in [0.25, 0.3) is 0 Å². The largest absolute Gasteiger partial charge is 0.356 e. The lowest BCUT2D eigenvalue weighted by Crippen LogP contribution is -2.51. The molecule has 0 unspecified atom stereocenters. The predicted octanol–water partition coefficient (Wildman–Crippen LogP) is 2.31. The van der Waals surface area contributed by atoms with Crippen molar-refractivity contribution in [2.45, 2.75) is 64.0 Å². The number of aromatic nitrogens is 1. The molecule has 1 saturated carbocycles. The second-order valence-electron chi connectivity index (χ2n) is 8.53. The molecule has 2 heterocycles. The number of aryl methyl sites for hydroxylation is 1.